The number of rotatable bonds is 1. The Hall–Kier alpha value is -0.0477. The van der Waals surface area contributed by atoms with Gasteiger partial charge in [0.1, 0.15) is 0 Å². The van der Waals surface area contributed by atoms with Crippen LogP contribution in [0.3, 0.4) is 0 Å². The van der Waals surface area contributed by atoms with E-state index in [2.05, 4.69) is 0 Å². The van der Waals surface area contributed by atoms with Crippen LogP contribution in [0.25, 0.3) is 0 Å². The van der Waals surface area contributed by atoms with Crippen LogP contribution in [-0.4, -0.2) is 45.1 Å². The van der Waals surface area contributed by atoms with Gasteiger partial charge < -0.3 is 10.0 Å². The number of hydrogen-bond donors (Lipinski definition) is 2. The van der Waals surface area contributed by atoms with E-state index in [0.717, 1.165) is 0 Å². The van der Waals surface area contributed by atoms with E-state index >= 15 is 0 Å². The van der Waals surface area contributed by atoms with Crippen molar-refractivity contribution < 1.29 is 14.3 Å². The first-order valence-electron chi connectivity index (χ1n) is 3.14. The van der Waals surface area contributed by atoms with Crippen molar-refractivity contribution in [2.45, 2.75) is 6.42 Å². The Bertz CT molecular complexity index is 268. The van der Waals surface area contributed by atoms with Crippen molar-refractivity contribution in [2.75, 3.05) is 0 Å². The van der Waals surface area contributed by atoms with Crippen molar-refractivity contribution in [3.63, 3.8) is 0 Å². The predicted molar refractivity (Wildman–Crippen MR) is 50.9 cm³/mol. The molecule has 0 fully saturated rings. The van der Waals surface area contributed by atoms with Crippen molar-refractivity contribution in [3.05, 3.63) is 23.7 Å². The third-order valence-corrected chi connectivity index (χ3v) is 1.92. The standard InChI is InChI=1S/C6H7BO3S.Li/c8-7(9)5-1-3-6(11-10)4-2-5;/h1-3,8-9H,4H2;. The van der Waals surface area contributed by atoms with Gasteiger partial charge in [-0.25, -0.2) is 4.21 Å². The Labute approximate surface area is 86.6 Å². The van der Waals surface area contributed by atoms with Crippen LogP contribution in [0.15, 0.2) is 23.7 Å². The summed E-state index contributed by atoms with van der Waals surface area (Å²) in [6.45, 7) is 0. The molecule has 2 N–H and O–H groups in total. The van der Waals surface area contributed by atoms with Crippen molar-refractivity contribution >= 4 is 42.1 Å². The molecule has 1 aliphatic carbocycles. The van der Waals surface area contributed by atoms with Gasteiger partial charge in [0.05, 0.1) is 11.3 Å². The molecular weight excluding hydrogens is 170 g/mol. The Morgan fingerprint density at radius 2 is 2.08 bits per heavy atom. The van der Waals surface area contributed by atoms with Crippen LogP contribution >= 0.6 is 0 Å². The molecule has 59 valence electrons. The third-order valence-electron chi connectivity index (χ3n) is 1.41. The predicted octanol–water partition coefficient (Wildman–Crippen LogP) is -1.11. The number of allylic oxidation sites excluding steroid dienone is 4. The number of hydrogen-bond acceptors (Lipinski definition) is 3. The molecule has 0 amide bonds. The van der Waals surface area contributed by atoms with Gasteiger partial charge in [-0.3, -0.25) is 0 Å². The normalized spacial score (nSPS) is 14.8. The fourth-order valence-corrected chi connectivity index (χ4v) is 1.07. The quantitative estimate of drug-likeness (QED) is 0.394. The van der Waals surface area contributed by atoms with Gasteiger partial charge in [0.2, 0.25) is 0 Å². The van der Waals surface area contributed by atoms with Gasteiger partial charge in [-0.1, -0.05) is 12.2 Å². The van der Waals surface area contributed by atoms with Gasteiger partial charge in [-0.15, -0.1) is 0 Å². The minimum atomic E-state index is -1.43. The summed E-state index contributed by atoms with van der Waals surface area (Å²) in [5, 5.41) is 17.4. The maximum atomic E-state index is 10.2. The van der Waals surface area contributed by atoms with Gasteiger partial charge in [0, 0.05) is 30.1 Å². The van der Waals surface area contributed by atoms with Crippen molar-refractivity contribution in [1.29, 1.82) is 0 Å². The molecule has 0 aromatic carbocycles. The molecule has 6 heteroatoms. The Morgan fingerprint density at radius 1 is 1.42 bits per heavy atom. The van der Waals surface area contributed by atoms with E-state index in [9.17, 15) is 4.21 Å². The molecule has 1 radical (unpaired) electrons. The summed E-state index contributed by atoms with van der Waals surface area (Å²) >= 11 is 0.432. The second-order valence-corrected chi connectivity index (χ2v) is 2.86. The molecule has 1 aliphatic rings. The first-order valence-corrected chi connectivity index (χ1v) is 3.88. The van der Waals surface area contributed by atoms with Gasteiger partial charge in [0.25, 0.3) is 0 Å². The van der Waals surface area contributed by atoms with Gasteiger partial charge in [-0.05, 0) is 11.5 Å². The minimum Gasteiger partial charge on any atom is -0.423 e. The molecule has 0 unspecified atom stereocenters. The molecule has 0 heterocycles. The van der Waals surface area contributed by atoms with E-state index in [1.807, 2.05) is 0 Å². The zero-order valence-corrected chi connectivity index (χ0v) is 7.54. The summed E-state index contributed by atoms with van der Waals surface area (Å²) in [5.41, 5.74) is 0.447. The topological polar surface area (TPSA) is 57.5 Å². The van der Waals surface area contributed by atoms with E-state index < -0.39 is 7.12 Å². The molecule has 0 saturated carbocycles. The summed E-state index contributed by atoms with van der Waals surface area (Å²) in [4.78, 5) is 0.689. The molecule has 0 aromatic rings. The summed E-state index contributed by atoms with van der Waals surface area (Å²) in [5.74, 6) is 0. The summed E-state index contributed by atoms with van der Waals surface area (Å²) in [6, 6.07) is 0. The van der Waals surface area contributed by atoms with E-state index in [0.29, 0.717) is 28.0 Å². The molecular formula is C6H7BLiO3S. The van der Waals surface area contributed by atoms with Crippen molar-refractivity contribution in [1.82, 2.24) is 0 Å². The minimum absolute atomic E-state index is 0. The molecule has 0 bridgehead atoms. The second-order valence-electron chi connectivity index (χ2n) is 2.16. The van der Waals surface area contributed by atoms with Crippen molar-refractivity contribution in [3.8, 4) is 0 Å². The Morgan fingerprint density at radius 3 is 2.42 bits per heavy atom. The van der Waals surface area contributed by atoms with E-state index in [1.165, 1.54) is 6.08 Å². The summed E-state index contributed by atoms with van der Waals surface area (Å²) in [7, 11) is -1.43. The molecule has 0 aromatic heterocycles. The average molecular weight is 177 g/mol. The molecule has 3 nitrogen and oxygen atoms in total. The van der Waals surface area contributed by atoms with Gasteiger partial charge in [-0.2, -0.15) is 0 Å². The third kappa shape index (κ3) is 3.13. The molecule has 0 spiro atoms. The van der Waals surface area contributed by atoms with Crippen LogP contribution in [0.4, 0.5) is 0 Å². The molecule has 12 heavy (non-hydrogen) atoms. The molecule has 0 atom stereocenters. The van der Waals surface area contributed by atoms with Crippen LogP contribution in [0.2, 0.25) is 0 Å². The van der Waals surface area contributed by atoms with Gasteiger partial charge in [0.15, 0.2) is 0 Å². The smallest absolute Gasteiger partial charge is 0.423 e. The molecule has 1 rings (SSSR count). The average Bonchev–Trinajstić information content (AvgIpc) is 2.05. The van der Waals surface area contributed by atoms with E-state index in [-0.39, 0.29) is 18.9 Å². The fourth-order valence-electron chi connectivity index (χ4n) is 0.797. The zero-order valence-electron chi connectivity index (χ0n) is 6.73. The summed E-state index contributed by atoms with van der Waals surface area (Å²) in [6.07, 6.45) is 5.27. The van der Waals surface area contributed by atoms with Crippen LogP contribution in [0.1, 0.15) is 6.42 Å². The van der Waals surface area contributed by atoms with Crippen LogP contribution in [0, 0.1) is 0 Å². The summed E-state index contributed by atoms with van der Waals surface area (Å²) < 4.78 is 10.2. The largest absolute Gasteiger partial charge is 0.488 e. The Balaban J connectivity index is 0.00000121. The molecule has 0 aliphatic heterocycles. The maximum Gasteiger partial charge on any atom is 0.488 e. The monoisotopic (exact) mass is 177 g/mol. The van der Waals surface area contributed by atoms with Crippen LogP contribution in [0.5, 0.6) is 0 Å². The second kappa shape index (κ2) is 5.57. The Kier molecular flexibility index (Phi) is 5.55. The van der Waals surface area contributed by atoms with Crippen LogP contribution in [-0.2, 0) is 11.3 Å². The fraction of sp³-hybridized carbons (Fsp3) is 0.167. The van der Waals surface area contributed by atoms with Crippen molar-refractivity contribution in [2.24, 2.45) is 0 Å². The van der Waals surface area contributed by atoms with Gasteiger partial charge >= 0.3 is 7.12 Å². The molecule has 0 saturated heterocycles. The van der Waals surface area contributed by atoms with Crippen LogP contribution < -0.4 is 0 Å². The van der Waals surface area contributed by atoms with E-state index in [4.69, 9.17) is 10.0 Å². The zero-order chi connectivity index (χ0) is 8.27. The first-order chi connectivity index (χ1) is 5.24. The SMILES string of the molecule is O=S=C1C=CC(B(O)O)=CC1.[Li]. The van der Waals surface area contributed by atoms with E-state index in [1.54, 1.807) is 12.2 Å². The first kappa shape index (κ1) is 12.0. The maximum absolute atomic E-state index is 10.2.